The Labute approximate surface area is 194 Å². The molecule has 6 nitrogen and oxygen atoms in total. The van der Waals surface area contributed by atoms with E-state index in [0.717, 1.165) is 25.9 Å². The summed E-state index contributed by atoms with van der Waals surface area (Å²) < 4.78 is 32.7. The smallest absolute Gasteiger partial charge is 0.243 e. The third-order valence-electron chi connectivity index (χ3n) is 5.38. The van der Waals surface area contributed by atoms with Gasteiger partial charge < -0.3 is 9.64 Å². The number of thiophene rings is 1. The molecule has 0 unspecified atom stereocenters. The van der Waals surface area contributed by atoms with Crippen LogP contribution >= 0.6 is 11.3 Å². The van der Waals surface area contributed by atoms with E-state index in [9.17, 15) is 13.2 Å². The van der Waals surface area contributed by atoms with E-state index in [2.05, 4.69) is 0 Å². The maximum atomic E-state index is 13.3. The third kappa shape index (κ3) is 5.56. The monoisotopic (exact) mass is 472 g/mol. The van der Waals surface area contributed by atoms with Gasteiger partial charge in [0.25, 0.3) is 0 Å². The quantitative estimate of drug-likeness (QED) is 0.468. The average Bonchev–Trinajstić information content (AvgIpc) is 3.28. The predicted molar refractivity (Wildman–Crippen MR) is 127 cm³/mol. The van der Waals surface area contributed by atoms with Gasteiger partial charge in [-0.2, -0.15) is 4.31 Å². The topological polar surface area (TPSA) is 66.9 Å². The van der Waals surface area contributed by atoms with E-state index >= 15 is 0 Å². The van der Waals surface area contributed by atoms with Crippen LogP contribution in [0.5, 0.6) is 5.75 Å². The van der Waals surface area contributed by atoms with Crippen molar-refractivity contribution in [2.45, 2.75) is 31.8 Å². The van der Waals surface area contributed by atoms with Crippen molar-refractivity contribution in [3.05, 3.63) is 81.5 Å². The van der Waals surface area contributed by atoms with Gasteiger partial charge in [-0.3, -0.25) is 4.79 Å². The lowest BCUT2D eigenvalue weighted by atomic mass is 10.1. The molecule has 0 atom stereocenters. The zero-order valence-corrected chi connectivity index (χ0v) is 20.4. The first-order chi connectivity index (χ1) is 15.2. The van der Waals surface area contributed by atoms with Crippen molar-refractivity contribution >= 4 is 27.3 Å². The van der Waals surface area contributed by atoms with Crippen molar-refractivity contribution in [2.24, 2.45) is 0 Å². The molecule has 0 fully saturated rings. The van der Waals surface area contributed by atoms with Crippen molar-refractivity contribution in [1.82, 2.24) is 9.21 Å². The fourth-order valence-corrected chi connectivity index (χ4v) is 5.22. The fourth-order valence-electron chi connectivity index (χ4n) is 3.29. The van der Waals surface area contributed by atoms with Crippen LogP contribution in [0.2, 0.25) is 0 Å². The molecule has 2 aromatic carbocycles. The van der Waals surface area contributed by atoms with Crippen LogP contribution in [0, 0.1) is 13.8 Å². The molecule has 0 bridgehead atoms. The van der Waals surface area contributed by atoms with Crippen LogP contribution < -0.4 is 4.74 Å². The van der Waals surface area contributed by atoms with E-state index in [1.807, 2.05) is 55.6 Å². The second-order valence-corrected chi connectivity index (χ2v) is 10.7. The lowest BCUT2D eigenvalue weighted by molar-refractivity contribution is -0.132. The van der Waals surface area contributed by atoms with Crippen LogP contribution in [0.15, 0.2) is 64.9 Å². The minimum atomic E-state index is -3.79. The normalized spacial score (nSPS) is 11.5. The molecule has 1 heterocycles. The second kappa shape index (κ2) is 10.3. The maximum Gasteiger partial charge on any atom is 0.243 e. The predicted octanol–water partition coefficient (Wildman–Crippen LogP) is 4.22. The third-order valence-corrected chi connectivity index (χ3v) is 8.04. The Bertz CT molecular complexity index is 1170. The number of likely N-dealkylation sites (N-methyl/N-ethyl adjacent to an activating group) is 1. The van der Waals surface area contributed by atoms with Gasteiger partial charge in [-0.05, 0) is 54.6 Å². The number of hydrogen-bond acceptors (Lipinski definition) is 5. The molecular formula is C24H28N2O4S2. The Morgan fingerprint density at radius 2 is 1.75 bits per heavy atom. The van der Waals surface area contributed by atoms with Gasteiger partial charge in [0.1, 0.15) is 5.75 Å². The highest BCUT2D eigenvalue weighted by Crippen LogP contribution is 2.23. The lowest BCUT2D eigenvalue weighted by Crippen LogP contribution is -2.40. The molecule has 3 rings (SSSR count). The zero-order chi connectivity index (χ0) is 23.3. The summed E-state index contributed by atoms with van der Waals surface area (Å²) >= 11 is 1.56. The maximum absolute atomic E-state index is 13.3. The highest BCUT2D eigenvalue weighted by molar-refractivity contribution is 7.89. The largest absolute Gasteiger partial charge is 0.496 e. The molecule has 0 spiro atoms. The number of rotatable bonds is 9. The van der Waals surface area contributed by atoms with E-state index in [-0.39, 0.29) is 17.3 Å². The summed E-state index contributed by atoms with van der Waals surface area (Å²) in [6.07, 6.45) is 0. The number of methoxy groups -OCH3 is 1. The van der Waals surface area contributed by atoms with Crippen LogP contribution in [0.1, 0.15) is 21.6 Å². The van der Waals surface area contributed by atoms with Gasteiger partial charge in [0.05, 0.1) is 25.1 Å². The Kier molecular flexibility index (Phi) is 7.71. The molecular weight excluding hydrogens is 444 g/mol. The number of para-hydroxylation sites is 1. The molecule has 0 aliphatic heterocycles. The van der Waals surface area contributed by atoms with Crippen LogP contribution in [0.3, 0.4) is 0 Å². The number of benzene rings is 2. The highest BCUT2D eigenvalue weighted by atomic mass is 32.2. The molecule has 8 heteroatoms. The minimum Gasteiger partial charge on any atom is -0.496 e. The van der Waals surface area contributed by atoms with E-state index in [1.165, 1.54) is 7.05 Å². The number of aryl methyl sites for hydroxylation is 2. The lowest BCUT2D eigenvalue weighted by Gasteiger charge is -2.26. The van der Waals surface area contributed by atoms with Gasteiger partial charge in [-0.1, -0.05) is 30.3 Å². The number of hydrogen-bond donors (Lipinski definition) is 0. The van der Waals surface area contributed by atoms with Crippen molar-refractivity contribution in [2.75, 3.05) is 20.7 Å². The first kappa shape index (κ1) is 24.0. The Balaban J connectivity index is 1.82. The van der Waals surface area contributed by atoms with E-state index < -0.39 is 10.0 Å². The van der Waals surface area contributed by atoms with Gasteiger partial charge in [0.2, 0.25) is 15.9 Å². The Hall–Kier alpha value is -2.68. The number of carbonyl (C=O) groups is 1. The minimum absolute atomic E-state index is 0.186. The molecule has 0 aliphatic rings. The standard InChI is InChI=1S/C24H28N2O4S2/c1-18-11-12-22(14-19(18)2)32(28,29)25(3)17-24(27)26(16-21-9-7-13-31-21)15-20-8-5-6-10-23(20)30-4/h5-14H,15-17H2,1-4H3. The van der Waals surface area contributed by atoms with E-state index in [0.29, 0.717) is 18.8 Å². The number of nitrogens with zero attached hydrogens (tertiary/aromatic N) is 2. The summed E-state index contributed by atoms with van der Waals surface area (Å²) in [5.41, 5.74) is 2.77. The van der Waals surface area contributed by atoms with E-state index in [1.54, 1.807) is 41.5 Å². The van der Waals surface area contributed by atoms with Gasteiger partial charge in [-0.25, -0.2) is 8.42 Å². The summed E-state index contributed by atoms with van der Waals surface area (Å²) in [5.74, 6) is 0.409. The molecule has 0 radical (unpaired) electrons. The number of ether oxygens (including phenoxy) is 1. The van der Waals surface area contributed by atoms with Crippen LogP contribution in [0.4, 0.5) is 0 Å². The summed E-state index contributed by atoms with van der Waals surface area (Å²) in [7, 11) is -0.760. The van der Waals surface area contributed by atoms with Crippen LogP contribution in [-0.4, -0.2) is 44.2 Å². The molecule has 3 aromatic rings. The van der Waals surface area contributed by atoms with E-state index in [4.69, 9.17) is 4.74 Å². The average molecular weight is 473 g/mol. The van der Waals surface area contributed by atoms with Crippen molar-refractivity contribution in [3.63, 3.8) is 0 Å². The SMILES string of the molecule is COc1ccccc1CN(Cc1cccs1)C(=O)CN(C)S(=O)(=O)c1ccc(C)c(C)c1. The summed E-state index contributed by atoms with van der Waals surface area (Å²) in [6, 6.07) is 16.4. The first-order valence-corrected chi connectivity index (χ1v) is 12.5. The van der Waals surface area contributed by atoms with Crippen LogP contribution in [-0.2, 0) is 27.9 Å². The van der Waals surface area contributed by atoms with Crippen LogP contribution in [0.25, 0.3) is 0 Å². The molecule has 0 N–H and O–H groups in total. The number of sulfonamides is 1. The highest BCUT2D eigenvalue weighted by Gasteiger charge is 2.26. The first-order valence-electron chi connectivity index (χ1n) is 10.2. The summed E-state index contributed by atoms with van der Waals surface area (Å²) in [4.78, 5) is 16.1. The Morgan fingerprint density at radius 1 is 1.00 bits per heavy atom. The van der Waals surface area contributed by atoms with Crippen molar-refractivity contribution in [1.29, 1.82) is 0 Å². The Morgan fingerprint density at radius 3 is 2.41 bits per heavy atom. The number of carbonyl (C=O) groups excluding carboxylic acids is 1. The summed E-state index contributed by atoms with van der Waals surface area (Å²) in [6.45, 7) is 4.26. The summed E-state index contributed by atoms with van der Waals surface area (Å²) in [5, 5.41) is 1.96. The van der Waals surface area contributed by atoms with Crippen molar-refractivity contribution in [3.8, 4) is 5.75 Å². The molecule has 1 amide bonds. The van der Waals surface area contributed by atoms with Crippen molar-refractivity contribution < 1.29 is 17.9 Å². The zero-order valence-electron chi connectivity index (χ0n) is 18.7. The fraction of sp³-hybridized carbons (Fsp3) is 0.292. The van der Waals surface area contributed by atoms with Gasteiger partial charge >= 0.3 is 0 Å². The number of amides is 1. The van der Waals surface area contributed by atoms with Gasteiger partial charge in [-0.15, -0.1) is 11.3 Å². The molecule has 32 heavy (non-hydrogen) atoms. The molecule has 0 saturated carbocycles. The van der Waals surface area contributed by atoms with Gasteiger partial charge in [0, 0.05) is 24.0 Å². The van der Waals surface area contributed by atoms with Gasteiger partial charge in [0.15, 0.2) is 0 Å². The second-order valence-electron chi connectivity index (χ2n) is 7.65. The molecule has 1 aromatic heterocycles. The molecule has 0 saturated heterocycles. The molecule has 170 valence electrons. The molecule has 0 aliphatic carbocycles.